The molecule has 1 amide bonds. The molecule has 1 heterocycles. The highest BCUT2D eigenvalue weighted by atomic mass is 35.5. The molecule has 4 aliphatic rings. The molecule has 3 saturated carbocycles. The van der Waals surface area contributed by atoms with E-state index in [1.54, 1.807) is 12.1 Å². The molecular formula is C26H31Cl2NO2. The summed E-state index contributed by atoms with van der Waals surface area (Å²) in [5, 5.41) is 12.0. The van der Waals surface area contributed by atoms with Crippen molar-refractivity contribution in [2.45, 2.75) is 58.1 Å². The van der Waals surface area contributed by atoms with Gasteiger partial charge >= 0.3 is 0 Å². The second-order valence-corrected chi connectivity index (χ2v) is 11.6. The van der Waals surface area contributed by atoms with Crippen molar-refractivity contribution in [3.63, 3.8) is 0 Å². The van der Waals surface area contributed by atoms with Crippen LogP contribution in [0.25, 0.3) is 6.08 Å². The Morgan fingerprint density at radius 1 is 1.10 bits per heavy atom. The van der Waals surface area contributed by atoms with Crippen molar-refractivity contribution in [2.24, 2.45) is 28.6 Å². The molecule has 1 aliphatic heterocycles. The maximum Gasteiger partial charge on any atom is 0.246 e. The number of carbonyl (C=O) groups is 1. The van der Waals surface area contributed by atoms with Crippen LogP contribution in [0, 0.1) is 28.6 Å². The fourth-order valence-electron chi connectivity index (χ4n) is 7.69. The van der Waals surface area contributed by atoms with Crippen LogP contribution in [0.15, 0.2) is 35.9 Å². The van der Waals surface area contributed by atoms with Gasteiger partial charge < -0.3 is 10.0 Å². The van der Waals surface area contributed by atoms with E-state index in [-0.39, 0.29) is 28.9 Å². The van der Waals surface area contributed by atoms with Crippen LogP contribution in [0.2, 0.25) is 10.0 Å². The zero-order valence-electron chi connectivity index (χ0n) is 18.4. The third-order valence-electron chi connectivity index (χ3n) is 9.15. The first-order chi connectivity index (χ1) is 14.6. The molecule has 7 atom stereocenters. The molecule has 0 aromatic heterocycles. The monoisotopic (exact) mass is 459 g/mol. The minimum absolute atomic E-state index is 0.00887. The highest BCUT2D eigenvalue weighted by Gasteiger charge is 2.61. The zero-order valence-corrected chi connectivity index (χ0v) is 20.0. The highest BCUT2D eigenvalue weighted by Crippen LogP contribution is 2.64. The summed E-state index contributed by atoms with van der Waals surface area (Å²) < 4.78 is 0. The molecule has 1 aromatic rings. The van der Waals surface area contributed by atoms with E-state index >= 15 is 0 Å². The average Bonchev–Trinajstić information content (AvgIpc) is 2.99. The largest absolute Gasteiger partial charge is 0.393 e. The lowest BCUT2D eigenvalue weighted by molar-refractivity contribution is -0.135. The molecule has 5 rings (SSSR count). The minimum atomic E-state index is -0.200. The van der Waals surface area contributed by atoms with Crippen LogP contribution in [-0.4, -0.2) is 35.1 Å². The molecule has 0 bridgehead atoms. The van der Waals surface area contributed by atoms with Gasteiger partial charge in [0, 0.05) is 22.5 Å². The Labute approximate surface area is 195 Å². The summed E-state index contributed by atoms with van der Waals surface area (Å²) in [7, 11) is 1.93. The quantitative estimate of drug-likeness (QED) is 0.560. The molecule has 3 fully saturated rings. The van der Waals surface area contributed by atoms with Crippen LogP contribution in [0.5, 0.6) is 0 Å². The van der Waals surface area contributed by atoms with Crippen LogP contribution in [0.1, 0.15) is 51.5 Å². The predicted octanol–water partition coefficient (Wildman–Crippen LogP) is 5.99. The second-order valence-electron chi connectivity index (χ2n) is 10.7. The fraction of sp³-hybridized carbons (Fsp3) is 0.577. The molecule has 0 spiro atoms. The van der Waals surface area contributed by atoms with Gasteiger partial charge in [0.2, 0.25) is 5.91 Å². The first kappa shape index (κ1) is 21.6. The number of halogens is 2. The lowest BCUT2D eigenvalue weighted by Gasteiger charge is -2.60. The molecule has 1 N–H and O–H groups in total. The molecular weight excluding hydrogens is 429 g/mol. The summed E-state index contributed by atoms with van der Waals surface area (Å²) in [6, 6.07) is 5.65. The van der Waals surface area contributed by atoms with Crippen LogP contribution >= 0.6 is 23.2 Å². The summed E-state index contributed by atoms with van der Waals surface area (Å²) in [5.41, 5.74) is 2.14. The molecule has 2 unspecified atom stereocenters. The molecule has 31 heavy (non-hydrogen) atoms. The highest BCUT2D eigenvalue weighted by molar-refractivity contribution is 6.34. The summed E-state index contributed by atoms with van der Waals surface area (Å²) in [5.74, 6) is 1.59. The number of likely N-dealkylation sites (N-methyl/N-ethyl adjacent to an activating group) is 1. The smallest absolute Gasteiger partial charge is 0.246 e. The van der Waals surface area contributed by atoms with Crippen LogP contribution < -0.4 is 0 Å². The number of nitrogens with zero attached hydrogens (tertiary/aromatic N) is 1. The maximum absolute atomic E-state index is 12.7. The van der Waals surface area contributed by atoms with Gasteiger partial charge in [0.1, 0.15) is 0 Å². The van der Waals surface area contributed by atoms with Crippen molar-refractivity contribution < 1.29 is 9.90 Å². The van der Waals surface area contributed by atoms with Gasteiger partial charge in [0.15, 0.2) is 0 Å². The fourth-order valence-corrected chi connectivity index (χ4v) is 8.23. The summed E-state index contributed by atoms with van der Waals surface area (Å²) in [6.45, 7) is 4.63. The Kier molecular flexibility index (Phi) is 5.12. The normalized spacial score (nSPS) is 43.0. The van der Waals surface area contributed by atoms with Crippen molar-refractivity contribution in [1.29, 1.82) is 0 Å². The Balaban J connectivity index is 1.63. The van der Waals surface area contributed by atoms with E-state index in [2.05, 4.69) is 26.0 Å². The first-order valence-electron chi connectivity index (χ1n) is 11.4. The molecule has 3 nitrogen and oxygen atoms in total. The van der Waals surface area contributed by atoms with E-state index in [0.29, 0.717) is 27.8 Å². The first-order valence-corrected chi connectivity index (χ1v) is 12.2. The van der Waals surface area contributed by atoms with Crippen LogP contribution in [0.3, 0.4) is 0 Å². The Morgan fingerprint density at radius 2 is 1.81 bits per heavy atom. The molecule has 1 aromatic carbocycles. The lowest BCUT2D eigenvalue weighted by atomic mass is 9.47. The van der Waals surface area contributed by atoms with E-state index in [4.69, 9.17) is 23.2 Å². The number of hydrogen-bond acceptors (Lipinski definition) is 2. The minimum Gasteiger partial charge on any atom is -0.393 e. The van der Waals surface area contributed by atoms with Gasteiger partial charge in [-0.25, -0.2) is 0 Å². The third-order valence-corrected chi connectivity index (χ3v) is 9.59. The topological polar surface area (TPSA) is 40.5 Å². The van der Waals surface area contributed by atoms with E-state index in [0.717, 1.165) is 37.7 Å². The standard InChI is InChI=1S/C26H31Cl2NO2/c1-25-8-6-21-19(20(25)4-5-22(25)30)13-16(10-15-11-17(27)14-18(28)12-15)24-26(21,2)9-7-23(31)29(24)3/h7,9-12,14,19-22,24,30H,4-6,8,13H2,1-3H3/t19-,20-,21+,22?,24?,25-,26+/m0/s1. The van der Waals surface area contributed by atoms with Gasteiger partial charge in [0.05, 0.1) is 12.1 Å². The number of amides is 1. The SMILES string of the molecule is CN1C(=O)C=C[C@@]2(C)C1C(=Cc1cc(Cl)cc(Cl)c1)C[C@@H]1[C@H]2CC[C@]2(C)C(O)CC[C@@H]12. The van der Waals surface area contributed by atoms with Gasteiger partial charge in [-0.2, -0.15) is 0 Å². The Morgan fingerprint density at radius 3 is 2.52 bits per heavy atom. The van der Waals surface area contributed by atoms with E-state index < -0.39 is 0 Å². The molecule has 0 saturated heterocycles. The second kappa shape index (κ2) is 7.37. The predicted molar refractivity (Wildman–Crippen MR) is 126 cm³/mol. The number of carbonyl (C=O) groups excluding carboxylic acids is 1. The summed E-state index contributed by atoms with van der Waals surface area (Å²) in [4.78, 5) is 14.6. The number of hydrogen-bond donors (Lipinski definition) is 1. The number of aliphatic hydroxyl groups is 1. The van der Waals surface area contributed by atoms with Crippen molar-refractivity contribution in [1.82, 2.24) is 4.90 Å². The molecule has 166 valence electrons. The van der Waals surface area contributed by atoms with Gasteiger partial charge in [0.25, 0.3) is 0 Å². The lowest BCUT2D eigenvalue weighted by Crippen LogP contribution is -2.60. The number of aliphatic hydroxyl groups excluding tert-OH is 1. The van der Waals surface area contributed by atoms with Crippen molar-refractivity contribution in [2.75, 3.05) is 7.05 Å². The van der Waals surface area contributed by atoms with Crippen molar-refractivity contribution >= 4 is 35.2 Å². The summed E-state index contributed by atoms with van der Waals surface area (Å²) >= 11 is 12.6. The Bertz CT molecular complexity index is 967. The third kappa shape index (κ3) is 3.22. The van der Waals surface area contributed by atoms with Gasteiger partial charge in [-0.1, -0.05) is 49.2 Å². The summed E-state index contributed by atoms with van der Waals surface area (Å²) in [6.07, 6.45) is 11.1. The van der Waals surface area contributed by atoms with Gasteiger partial charge in [-0.05, 0) is 90.7 Å². The van der Waals surface area contributed by atoms with Crippen LogP contribution in [-0.2, 0) is 4.79 Å². The van der Waals surface area contributed by atoms with E-state index in [1.165, 1.54) is 5.57 Å². The molecule has 3 aliphatic carbocycles. The van der Waals surface area contributed by atoms with E-state index in [9.17, 15) is 9.90 Å². The number of benzene rings is 1. The van der Waals surface area contributed by atoms with Crippen LogP contribution in [0.4, 0.5) is 0 Å². The van der Waals surface area contributed by atoms with Gasteiger partial charge in [-0.3, -0.25) is 4.79 Å². The van der Waals surface area contributed by atoms with E-state index in [1.807, 2.05) is 24.1 Å². The molecule has 0 radical (unpaired) electrons. The maximum atomic E-state index is 12.7. The average molecular weight is 460 g/mol. The molecule has 5 heteroatoms. The number of rotatable bonds is 1. The Hall–Kier alpha value is -1.29. The van der Waals surface area contributed by atoms with Crippen molar-refractivity contribution in [3.8, 4) is 0 Å². The van der Waals surface area contributed by atoms with Crippen molar-refractivity contribution in [3.05, 3.63) is 51.5 Å². The number of fused-ring (bicyclic) bond motifs is 5. The van der Waals surface area contributed by atoms with Gasteiger partial charge in [-0.15, -0.1) is 0 Å². The zero-order chi connectivity index (χ0) is 22.1.